The molecule has 3 unspecified atom stereocenters. The fourth-order valence-electron chi connectivity index (χ4n) is 12.2. The Morgan fingerprint density at radius 1 is 0.433 bits per heavy atom. The minimum atomic E-state index is -0.210. The molecule has 0 aliphatic heterocycles. The van der Waals surface area contributed by atoms with Gasteiger partial charge in [-0.2, -0.15) is 0 Å². The third-order valence-electron chi connectivity index (χ3n) is 17.0. The van der Waals surface area contributed by atoms with Crippen molar-refractivity contribution in [2.75, 3.05) is 16.0 Å². The Bertz CT molecular complexity index is 5230. The van der Waals surface area contributed by atoms with E-state index in [0.29, 0.717) is 34.4 Å². The molecule has 6 N–H and O–H groups in total. The molecule has 21 nitrogen and oxygen atoms in total. The lowest BCUT2D eigenvalue weighted by molar-refractivity contribution is 0.298. The summed E-state index contributed by atoms with van der Waals surface area (Å²) >= 11 is 0. The van der Waals surface area contributed by atoms with Gasteiger partial charge in [0.1, 0.15) is 35.5 Å². The number of aryl methyl sites for hydroxylation is 5. The predicted molar refractivity (Wildman–Crippen MR) is 355 cm³/mol. The summed E-state index contributed by atoms with van der Waals surface area (Å²) in [5.41, 5.74) is 13.6. The number of benzene rings is 5. The van der Waals surface area contributed by atoms with Gasteiger partial charge in [0, 0.05) is 28.8 Å². The van der Waals surface area contributed by atoms with Crippen molar-refractivity contribution in [3.8, 4) is 11.4 Å². The van der Waals surface area contributed by atoms with Crippen LogP contribution in [0.5, 0.6) is 0 Å². The standard InChI is InChI=1S/2C24H22N6O.C21H22N6O/c1-14-6-4-9-18(10-14)30-19(11-17-8-5-7-15(2)20(17)24(30)31)16(3)29-23-21-22(26-12-25-21)27-13-28-23;1-14-7-4-5-10-18(14)30-19(11-17-9-6-8-15(2)20(17)24(30)31)16(3)29-23-21-22(26-12-25-21)27-13-28-23;1-12-5-3-6-14-9-16(27(15-7-4-8-15)21(28)17(12)14)13(2)26-20-18-19(23-10-22-18)24-11-25-20/h2*4-13,16H,1-3H3,(H2,25,26,27,28,29);3,5-6,9-11,13,15H,4,7-8H2,1-2H3,(H2,22,23,24,25,26). The first-order valence-electron chi connectivity index (χ1n) is 30.0. The molecule has 0 bridgehead atoms. The summed E-state index contributed by atoms with van der Waals surface area (Å²) in [5.74, 6) is 1.97. The van der Waals surface area contributed by atoms with E-state index in [1.54, 1.807) is 23.5 Å². The fraction of sp³-hybridized carbons (Fsp3) is 0.217. The van der Waals surface area contributed by atoms with Crippen LogP contribution >= 0.6 is 0 Å². The maximum Gasteiger partial charge on any atom is 0.263 e. The van der Waals surface area contributed by atoms with E-state index < -0.39 is 0 Å². The largest absolute Gasteiger partial charge is 0.360 e. The molecule has 3 atom stereocenters. The van der Waals surface area contributed by atoms with E-state index in [1.165, 1.54) is 25.4 Å². The molecule has 9 aromatic heterocycles. The van der Waals surface area contributed by atoms with Crippen LogP contribution in [0.4, 0.5) is 17.5 Å². The molecule has 0 saturated heterocycles. The van der Waals surface area contributed by atoms with Crippen LogP contribution in [0.1, 0.15) is 109 Å². The van der Waals surface area contributed by atoms with Crippen molar-refractivity contribution in [1.82, 2.24) is 73.5 Å². The van der Waals surface area contributed by atoms with Crippen LogP contribution in [0.3, 0.4) is 0 Å². The van der Waals surface area contributed by atoms with Crippen LogP contribution in [0.2, 0.25) is 0 Å². The quantitative estimate of drug-likeness (QED) is 0.0664. The number of H-pyrrole nitrogens is 3. The molecule has 21 heteroatoms. The maximum absolute atomic E-state index is 13.7. The average molecular weight is 1200 g/mol. The van der Waals surface area contributed by atoms with Gasteiger partial charge in [0.25, 0.3) is 16.7 Å². The van der Waals surface area contributed by atoms with Crippen molar-refractivity contribution in [3.05, 3.63) is 235 Å². The second-order valence-electron chi connectivity index (χ2n) is 23.1. The number of anilines is 3. The van der Waals surface area contributed by atoms with E-state index in [9.17, 15) is 14.4 Å². The highest BCUT2D eigenvalue weighted by atomic mass is 16.1. The van der Waals surface area contributed by atoms with E-state index in [2.05, 4.69) is 101 Å². The number of para-hydroxylation sites is 1. The highest BCUT2D eigenvalue weighted by Crippen LogP contribution is 2.36. The van der Waals surface area contributed by atoms with E-state index in [-0.39, 0.29) is 40.8 Å². The SMILES string of the molecule is Cc1cccc(-n2c(C(C)Nc3ncnc4nc[nH]c34)cc3cccc(C)c3c2=O)c1.Cc1cccc2cc(C(C)Nc3ncnc4nc[nH]c34)n(C3CCC3)c(=O)c12.Cc1ccccc1-n1c(C(C)Nc2ncnc3nc[nH]c23)cc2cccc(C)c2c1=O. The molecule has 5 aromatic carbocycles. The topological polar surface area (TPSA) is 265 Å². The van der Waals surface area contributed by atoms with E-state index in [0.717, 1.165) is 118 Å². The Hall–Kier alpha value is -11.2. The average Bonchev–Trinajstić information content (AvgIpc) is 1.11. The first-order valence-corrected chi connectivity index (χ1v) is 30.0. The predicted octanol–water partition coefficient (Wildman–Crippen LogP) is 12.8. The monoisotopic (exact) mass is 1190 g/mol. The van der Waals surface area contributed by atoms with Crippen LogP contribution in [-0.2, 0) is 0 Å². The Morgan fingerprint density at radius 2 is 0.844 bits per heavy atom. The zero-order chi connectivity index (χ0) is 62.3. The molecule has 9 heterocycles. The summed E-state index contributed by atoms with van der Waals surface area (Å²) in [5, 5.41) is 15.5. The molecule has 0 spiro atoms. The lowest BCUT2D eigenvalue weighted by Gasteiger charge is -2.32. The number of pyridine rings is 3. The Labute approximate surface area is 515 Å². The van der Waals surface area contributed by atoms with Gasteiger partial charge in [-0.25, -0.2) is 44.9 Å². The molecule has 15 rings (SSSR count). The first kappa shape index (κ1) is 57.8. The molecule has 0 radical (unpaired) electrons. The van der Waals surface area contributed by atoms with Gasteiger partial charge >= 0.3 is 0 Å². The number of fused-ring (bicyclic) bond motifs is 6. The van der Waals surface area contributed by atoms with Gasteiger partial charge in [0.05, 0.1) is 59.0 Å². The number of imidazole rings is 3. The highest BCUT2D eigenvalue weighted by molar-refractivity contribution is 5.89. The summed E-state index contributed by atoms with van der Waals surface area (Å²) in [4.78, 5) is 88.4. The van der Waals surface area contributed by atoms with Gasteiger partial charge in [-0.05, 0) is 155 Å². The molecule has 1 aliphatic carbocycles. The maximum atomic E-state index is 13.7. The smallest absolute Gasteiger partial charge is 0.263 e. The molecule has 450 valence electrons. The minimum absolute atomic E-state index is 0.0251. The lowest BCUT2D eigenvalue weighted by Crippen LogP contribution is -2.33. The summed E-state index contributed by atoms with van der Waals surface area (Å²) < 4.78 is 5.61. The summed E-state index contributed by atoms with van der Waals surface area (Å²) in [6, 6.07) is 39.9. The van der Waals surface area contributed by atoms with E-state index >= 15 is 0 Å². The summed E-state index contributed by atoms with van der Waals surface area (Å²) in [7, 11) is 0. The number of aromatic amines is 3. The summed E-state index contributed by atoms with van der Waals surface area (Å²) in [6.45, 7) is 16.1. The van der Waals surface area contributed by atoms with Crippen molar-refractivity contribution in [1.29, 1.82) is 0 Å². The Kier molecular flexibility index (Phi) is 15.5. The molecule has 0 amide bonds. The number of hydrogen-bond acceptors (Lipinski definition) is 15. The number of nitrogens with one attached hydrogen (secondary N) is 6. The van der Waals surface area contributed by atoms with Crippen LogP contribution in [0.25, 0.3) is 77.2 Å². The lowest BCUT2D eigenvalue weighted by atomic mass is 9.91. The van der Waals surface area contributed by atoms with Crippen LogP contribution in [0, 0.1) is 34.6 Å². The molecule has 1 fully saturated rings. The Balaban J connectivity index is 0.000000124. The number of hydrogen-bond donors (Lipinski definition) is 6. The third-order valence-corrected chi connectivity index (χ3v) is 17.0. The minimum Gasteiger partial charge on any atom is -0.360 e. The van der Waals surface area contributed by atoms with Crippen molar-refractivity contribution in [2.24, 2.45) is 0 Å². The van der Waals surface area contributed by atoms with Gasteiger partial charge in [0.2, 0.25) is 0 Å². The van der Waals surface area contributed by atoms with Gasteiger partial charge < -0.3 is 35.5 Å². The third kappa shape index (κ3) is 10.8. The van der Waals surface area contributed by atoms with Crippen molar-refractivity contribution in [3.63, 3.8) is 0 Å². The molecule has 1 aliphatic rings. The molecule has 1 saturated carbocycles. The van der Waals surface area contributed by atoms with Crippen LogP contribution < -0.4 is 32.6 Å². The molecular formula is C69H66N18O3. The van der Waals surface area contributed by atoms with Gasteiger partial charge in [-0.15, -0.1) is 0 Å². The van der Waals surface area contributed by atoms with Crippen molar-refractivity contribution >= 4 is 83.3 Å². The first-order chi connectivity index (χ1) is 43.7. The van der Waals surface area contributed by atoms with Crippen LogP contribution in [0.15, 0.2) is 174 Å². The second-order valence-corrected chi connectivity index (χ2v) is 23.1. The van der Waals surface area contributed by atoms with E-state index in [1.807, 2.05) is 161 Å². The molecular weight excluding hydrogens is 1130 g/mol. The van der Waals surface area contributed by atoms with Gasteiger partial charge in [0.15, 0.2) is 34.4 Å². The highest BCUT2D eigenvalue weighted by Gasteiger charge is 2.28. The Morgan fingerprint density at radius 3 is 1.30 bits per heavy atom. The number of nitrogens with zero attached hydrogens (tertiary/aromatic N) is 12. The van der Waals surface area contributed by atoms with Crippen molar-refractivity contribution < 1.29 is 0 Å². The fourth-order valence-corrected chi connectivity index (χ4v) is 12.2. The van der Waals surface area contributed by atoms with Gasteiger partial charge in [-0.3, -0.25) is 23.5 Å². The van der Waals surface area contributed by atoms with Gasteiger partial charge in [-0.1, -0.05) is 84.9 Å². The zero-order valence-corrected chi connectivity index (χ0v) is 51.0. The summed E-state index contributed by atoms with van der Waals surface area (Å²) in [6.07, 6.45) is 12.5. The number of aromatic nitrogens is 15. The normalized spacial score (nSPS) is 13.4. The second kappa shape index (κ2) is 24.2. The zero-order valence-electron chi connectivity index (χ0n) is 51.0. The van der Waals surface area contributed by atoms with Crippen molar-refractivity contribution in [2.45, 2.75) is 98.8 Å². The molecule has 90 heavy (non-hydrogen) atoms. The number of rotatable bonds is 12. The van der Waals surface area contributed by atoms with E-state index in [4.69, 9.17) is 0 Å². The van der Waals surface area contributed by atoms with Crippen LogP contribution in [-0.4, -0.2) is 73.5 Å². The molecule has 14 aromatic rings.